The number of H-pyrrole nitrogens is 1. The van der Waals surface area contributed by atoms with Crippen molar-refractivity contribution in [3.05, 3.63) is 16.4 Å². The summed E-state index contributed by atoms with van der Waals surface area (Å²) < 4.78 is 1.02. The molecule has 0 saturated heterocycles. The Hall–Kier alpha value is 0.170. The van der Waals surface area contributed by atoms with Gasteiger partial charge in [-0.25, -0.2) is 0 Å². The lowest BCUT2D eigenvalue weighted by molar-refractivity contribution is 0.965. The SMILES string of the molecule is CC(Br)c1[nH]ncc1Br. The molecule has 0 aliphatic carbocycles. The van der Waals surface area contributed by atoms with Crippen LogP contribution in [0.1, 0.15) is 17.4 Å². The molecule has 0 aliphatic heterocycles. The fraction of sp³-hybridized carbons (Fsp3) is 0.400. The van der Waals surface area contributed by atoms with Gasteiger partial charge in [-0.3, -0.25) is 5.10 Å². The first-order valence-corrected chi connectivity index (χ1v) is 4.25. The average Bonchev–Trinajstić information content (AvgIpc) is 2.13. The fourth-order valence-corrected chi connectivity index (χ4v) is 1.75. The van der Waals surface area contributed by atoms with Gasteiger partial charge in [0, 0.05) is 0 Å². The van der Waals surface area contributed by atoms with Crippen LogP contribution in [0.5, 0.6) is 0 Å². The van der Waals surface area contributed by atoms with Crippen LogP contribution in [-0.2, 0) is 0 Å². The zero-order chi connectivity index (χ0) is 6.85. The first-order valence-electron chi connectivity index (χ1n) is 2.54. The van der Waals surface area contributed by atoms with Gasteiger partial charge in [-0.2, -0.15) is 5.10 Å². The van der Waals surface area contributed by atoms with Gasteiger partial charge in [0.25, 0.3) is 0 Å². The van der Waals surface area contributed by atoms with Crippen LogP contribution in [0.25, 0.3) is 0 Å². The number of nitrogens with one attached hydrogen (secondary N) is 1. The summed E-state index contributed by atoms with van der Waals surface area (Å²) in [5, 5.41) is 6.70. The van der Waals surface area contributed by atoms with E-state index in [1.807, 2.05) is 6.92 Å². The second kappa shape index (κ2) is 2.84. The highest BCUT2D eigenvalue weighted by Crippen LogP contribution is 2.25. The van der Waals surface area contributed by atoms with Gasteiger partial charge < -0.3 is 0 Å². The molecule has 0 saturated carbocycles. The van der Waals surface area contributed by atoms with Crippen molar-refractivity contribution in [1.82, 2.24) is 10.2 Å². The molecule has 0 spiro atoms. The summed E-state index contributed by atoms with van der Waals surface area (Å²) in [4.78, 5) is 0.328. The molecule has 1 unspecified atom stereocenters. The molecule has 1 atom stereocenters. The number of aromatic nitrogens is 2. The van der Waals surface area contributed by atoms with E-state index in [-0.39, 0.29) is 0 Å². The zero-order valence-corrected chi connectivity index (χ0v) is 8.03. The van der Waals surface area contributed by atoms with Crippen LogP contribution in [0.2, 0.25) is 0 Å². The first kappa shape index (κ1) is 7.28. The highest BCUT2D eigenvalue weighted by molar-refractivity contribution is 9.11. The lowest BCUT2D eigenvalue weighted by Gasteiger charge is -1.96. The first-order chi connectivity index (χ1) is 4.22. The Morgan fingerprint density at radius 2 is 2.44 bits per heavy atom. The van der Waals surface area contributed by atoms with Crippen molar-refractivity contribution in [1.29, 1.82) is 0 Å². The van der Waals surface area contributed by atoms with Crippen molar-refractivity contribution in [2.45, 2.75) is 11.8 Å². The molecule has 2 nitrogen and oxygen atoms in total. The van der Waals surface area contributed by atoms with Crippen molar-refractivity contribution in [2.24, 2.45) is 0 Å². The highest BCUT2D eigenvalue weighted by atomic mass is 79.9. The van der Waals surface area contributed by atoms with E-state index in [1.165, 1.54) is 0 Å². The normalized spacial score (nSPS) is 13.7. The third-order valence-electron chi connectivity index (χ3n) is 1.02. The third kappa shape index (κ3) is 1.55. The van der Waals surface area contributed by atoms with Gasteiger partial charge in [0.1, 0.15) is 0 Å². The largest absolute Gasteiger partial charge is 0.280 e. The average molecular weight is 254 g/mol. The van der Waals surface area contributed by atoms with Crippen molar-refractivity contribution in [3.8, 4) is 0 Å². The van der Waals surface area contributed by atoms with Crippen LogP contribution in [0.4, 0.5) is 0 Å². The molecule has 1 aromatic rings. The molecule has 0 bridgehead atoms. The lowest BCUT2D eigenvalue weighted by Crippen LogP contribution is -1.83. The minimum Gasteiger partial charge on any atom is -0.280 e. The molecular formula is C5H6Br2N2. The standard InChI is InChI=1S/C5H6Br2N2/c1-3(6)5-4(7)2-8-9-5/h2-3H,1H3,(H,8,9). The lowest BCUT2D eigenvalue weighted by atomic mass is 10.3. The number of halogens is 2. The van der Waals surface area contributed by atoms with Gasteiger partial charge >= 0.3 is 0 Å². The van der Waals surface area contributed by atoms with Crippen LogP contribution in [0, 0.1) is 0 Å². The quantitative estimate of drug-likeness (QED) is 0.766. The van der Waals surface area contributed by atoms with Gasteiger partial charge in [0.05, 0.1) is 21.2 Å². The molecule has 1 N–H and O–H groups in total. The maximum absolute atomic E-state index is 3.84. The summed E-state index contributed by atoms with van der Waals surface area (Å²) in [7, 11) is 0. The number of nitrogens with zero attached hydrogens (tertiary/aromatic N) is 1. The number of alkyl halides is 1. The van der Waals surface area contributed by atoms with Gasteiger partial charge in [-0.1, -0.05) is 15.9 Å². The summed E-state index contributed by atoms with van der Waals surface area (Å²) in [6, 6.07) is 0. The van der Waals surface area contributed by atoms with Gasteiger partial charge in [-0.05, 0) is 22.9 Å². The summed E-state index contributed by atoms with van der Waals surface area (Å²) in [6.07, 6.45) is 1.74. The van der Waals surface area contributed by atoms with Gasteiger partial charge in [-0.15, -0.1) is 0 Å². The molecule has 50 valence electrons. The third-order valence-corrected chi connectivity index (χ3v) is 2.11. The van der Waals surface area contributed by atoms with E-state index in [4.69, 9.17) is 0 Å². The van der Waals surface area contributed by atoms with E-state index in [0.29, 0.717) is 4.83 Å². The number of hydrogen-bond donors (Lipinski definition) is 1. The Morgan fingerprint density at radius 3 is 2.67 bits per heavy atom. The van der Waals surface area contributed by atoms with E-state index in [9.17, 15) is 0 Å². The predicted molar refractivity (Wildman–Crippen MR) is 43.6 cm³/mol. The van der Waals surface area contributed by atoms with E-state index in [1.54, 1.807) is 6.20 Å². The van der Waals surface area contributed by atoms with Gasteiger partial charge in [0.2, 0.25) is 0 Å². The Bertz CT molecular complexity index is 195. The van der Waals surface area contributed by atoms with E-state index in [2.05, 4.69) is 42.1 Å². The van der Waals surface area contributed by atoms with E-state index in [0.717, 1.165) is 10.2 Å². The number of hydrogen-bond acceptors (Lipinski definition) is 1. The smallest absolute Gasteiger partial charge is 0.0633 e. The maximum atomic E-state index is 3.84. The van der Waals surface area contributed by atoms with Crippen LogP contribution in [-0.4, -0.2) is 10.2 Å². The number of rotatable bonds is 1. The molecule has 9 heavy (non-hydrogen) atoms. The van der Waals surface area contributed by atoms with Crippen LogP contribution in [0.15, 0.2) is 10.7 Å². The highest BCUT2D eigenvalue weighted by Gasteiger charge is 2.05. The summed E-state index contributed by atoms with van der Waals surface area (Å²) in [5.41, 5.74) is 1.08. The second-order valence-corrected chi connectivity index (χ2v) is 3.98. The van der Waals surface area contributed by atoms with Crippen LogP contribution in [0.3, 0.4) is 0 Å². The minimum atomic E-state index is 0.328. The van der Waals surface area contributed by atoms with Crippen LogP contribution < -0.4 is 0 Å². The molecule has 0 aromatic carbocycles. The zero-order valence-electron chi connectivity index (χ0n) is 4.86. The molecule has 4 heteroatoms. The fourth-order valence-electron chi connectivity index (χ4n) is 0.560. The van der Waals surface area contributed by atoms with E-state index >= 15 is 0 Å². The van der Waals surface area contributed by atoms with Crippen molar-refractivity contribution in [3.63, 3.8) is 0 Å². The topological polar surface area (TPSA) is 28.7 Å². The molecular weight excluding hydrogens is 248 g/mol. The Labute approximate surface area is 70.3 Å². The van der Waals surface area contributed by atoms with Gasteiger partial charge in [0.15, 0.2) is 0 Å². The molecule has 1 heterocycles. The molecule has 1 aromatic heterocycles. The molecule has 0 aliphatic rings. The molecule has 0 fully saturated rings. The van der Waals surface area contributed by atoms with Crippen molar-refractivity contribution >= 4 is 31.9 Å². The summed E-state index contributed by atoms with van der Waals surface area (Å²) in [5.74, 6) is 0. The Kier molecular flexibility index (Phi) is 2.29. The van der Waals surface area contributed by atoms with Crippen molar-refractivity contribution in [2.75, 3.05) is 0 Å². The van der Waals surface area contributed by atoms with Crippen LogP contribution >= 0.6 is 31.9 Å². The molecule has 0 amide bonds. The van der Waals surface area contributed by atoms with E-state index < -0.39 is 0 Å². The Morgan fingerprint density at radius 1 is 1.78 bits per heavy atom. The molecule has 1 rings (SSSR count). The van der Waals surface area contributed by atoms with Crippen molar-refractivity contribution < 1.29 is 0 Å². The minimum absolute atomic E-state index is 0.328. The summed E-state index contributed by atoms with van der Waals surface area (Å²) in [6.45, 7) is 2.04. The maximum Gasteiger partial charge on any atom is 0.0633 e. The number of aromatic amines is 1. The monoisotopic (exact) mass is 252 g/mol. The predicted octanol–water partition coefficient (Wildman–Crippen LogP) is 2.63. The second-order valence-electron chi connectivity index (χ2n) is 1.75. The Balaban J connectivity index is 2.94. The summed E-state index contributed by atoms with van der Waals surface area (Å²) >= 11 is 6.75. The molecule has 0 radical (unpaired) electrons.